The van der Waals surface area contributed by atoms with Crippen molar-refractivity contribution in [3.05, 3.63) is 65.2 Å². The van der Waals surface area contributed by atoms with Gasteiger partial charge in [0.2, 0.25) is 0 Å². The number of aryl methyl sites for hydroxylation is 1. The number of carbonyl (C=O) groups excluding carboxylic acids is 3. The smallest absolute Gasteiger partial charge is 0.337 e. The first-order valence-electron chi connectivity index (χ1n) is 8.95. The lowest BCUT2D eigenvalue weighted by Gasteiger charge is -2.05. The molecule has 2 N–H and O–H groups in total. The fourth-order valence-corrected chi connectivity index (χ4v) is 2.36. The van der Waals surface area contributed by atoms with E-state index in [0.717, 1.165) is 19.3 Å². The number of ether oxygens (including phenoxy) is 1. The summed E-state index contributed by atoms with van der Waals surface area (Å²) in [5.74, 6) is -2.12. The van der Waals surface area contributed by atoms with E-state index < -0.39 is 17.8 Å². The lowest BCUT2D eigenvalue weighted by atomic mass is 10.1. The van der Waals surface area contributed by atoms with Crippen LogP contribution in [0.4, 0.5) is 5.69 Å². The normalized spacial score (nSPS) is 10.5. The summed E-state index contributed by atoms with van der Waals surface area (Å²) in [4.78, 5) is 35.1. The number of hydrazone groups is 1. The van der Waals surface area contributed by atoms with Gasteiger partial charge in [-0.25, -0.2) is 10.2 Å². The summed E-state index contributed by atoms with van der Waals surface area (Å²) in [6.45, 7) is 2.13. The van der Waals surface area contributed by atoms with Crippen LogP contribution in [0.15, 0.2) is 53.6 Å². The van der Waals surface area contributed by atoms with Crippen LogP contribution in [0.1, 0.15) is 41.3 Å². The molecule has 28 heavy (non-hydrogen) atoms. The number of anilines is 1. The highest BCUT2D eigenvalue weighted by Gasteiger charge is 2.12. The van der Waals surface area contributed by atoms with Gasteiger partial charge in [0, 0.05) is 5.69 Å². The molecule has 0 aromatic heterocycles. The Labute approximate surface area is 163 Å². The largest absolute Gasteiger partial charge is 0.465 e. The van der Waals surface area contributed by atoms with Crippen LogP contribution in [0, 0.1) is 0 Å². The first-order valence-corrected chi connectivity index (χ1v) is 8.95. The Kier molecular flexibility index (Phi) is 7.90. The summed E-state index contributed by atoms with van der Waals surface area (Å²) in [5.41, 5.74) is 4.95. The average molecular weight is 381 g/mol. The first-order chi connectivity index (χ1) is 13.5. The summed E-state index contributed by atoms with van der Waals surface area (Å²) in [6.07, 6.45) is 4.58. The van der Waals surface area contributed by atoms with Crippen LogP contribution in [0.2, 0.25) is 0 Å². The monoisotopic (exact) mass is 381 g/mol. The van der Waals surface area contributed by atoms with Gasteiger partial charge in [0.05, 0.1) is 18.9 Å². The number of unbranched alkanes of at least 4 members (excludes halogenated alkanes) is 1. The van der Waals surface area contributed by atoms with Crippen LogP contribution in [0.5, 0.6) is 0 Å². The highest BCUT2D eigenvalue weighted by atomic mass is 16.5. The molecule has 146 valence electrons. The number of hydrogen-bond donors (Lipinski definition) is 2. The topological polar surface area (TPSA) is 96.9 Å². The molecule has 0 aliphatic carbocycles. The molecule has 0 radical (unpaired) electrons. The van der Waals surface area contributed by atoms with Gasteiger partial charge in [0.25, 0.3) is 0 Å². The minimum absolute atomic E-state index is 0.406. The average Bonchev–Trinajstić information content (AvgIpc) is 2.73. The Morgan fingerprint density at radius 1 is 1.00 bits per heavy atom. The van der Waals surface area contributed by atoms with E-state index in [0.29, 0.717) is 16.8 Å². The summed E-state index contributed by atoms with van der Waals surface area (Å²) in [7, 11) is 1.30. The number of hydrogen-bond acceptors (Lipinski definition) is 5. The number of benzene rings is 2. The Morgan fingerprint density at radius 2 is 1.68 bits per heavy atom. The van der Waals surface area contributed by atoms with Gasteiger partial charge >= 0.3 is 17.8 Å². The summed E-state index contributed by atoms with van der Waals surface area (Å²) >= 11 is 0. The van der Waals surface area contributed by atoms with E-state index in [1.165, 1.54) is 18.9 Å². The minimum Gasteiger partial charge on any atom is -0.465 e. The lowest BCUT2D eigenvalue weighted by Crippen LogP contribution is -2.32. The number of amides is 2. The second-order valence-electron chi connectivity index (χ2n) is 6.07. The molecule has 7 heteroatoms. The molecule has 0 saturated heterocycles. The predicted molar refractivity (Wildman–Crippen MR) is 107 cm³/mol. The summed E-state index contributed by atoms with van der Waals surface area (Å²) in [5, 5.41) is 6.27. The van der Waals surface area contributed by atoms with Crippen LogP contribution in [0.3, 0.4) is 0 Å². The summed E-state index contributed by atoms with van der Waals surface area (Å²) in [6, 6.07) is 13.8. The molecule has 0 heterocycles. The Bertz CT molecular complexity index is 843. The van der Waals surface area contributed by atoms with Gasteiger partial charge in [-0.05, 0) is 48.2 Å². The van der Waals surface area contributed by atoms with Crippen molar-refractivity contribution in [2.24, 2.45) is 5.10 Å². The Morgan fingerprint density at radius 3 is 2.29 bits per heavy atom. The fourth-order valence-electron chi connectivity index (χ4n) is 2.36. The molecule has 2 aromatic carbocycles. The van der Waals surface area contributed by atoms with Gasteiger partial charge in [-0.15, -0.1) is 0 Å². The number of nitrogens with one attached hydrogen (secondary N) is 2. The van der Waals surface area contributed by atoms with Gasteiger partial charge in [-0.1, -0.05) is 37.6 Å². The minimum atomic E-state index is -0.877. The van der Waals surface area contributed by atoms with E-state index in [9.17, 15) is 14.4 Å². The number of esters is 1. The van der Waals surface area contributed by atoms with Crippen LogP contribution in [-0.4, -0.2) is 31.1 Å². The molecule has 0 spiro atoms. The van der Waals surface area contributed by atoms with E-state index >= 15 is 0 Å². The Hall–Kier alpha value is -3.48. The number of carbonyl (C=O) groups is 3. The third-order valence-electron chi connectivity index (χ3n) is 3.95. The van der Waals surface area contributed by atoms with E-state index in [1.54, 1.807) is 36.4 Å². The maximum atomic E-state index is 11.9. The van der Waals surface area contributed by atoms with Crippen molar-refractivity contribution in [1.82, 2.24) is 5.43 Å². The van der Waals surface area contributed by atoms with Crippen LogP contribution in [-0.2, 0) is 20.7 Å². The second kappa shape index (κ2) is 10.6. The zero-order chi connectivity index (χ0) is 20.4. The van der Waals surface area contributed by atoms with Crippen molar-refractivity contribution in [3.63, 3.8) is 0 Å². The van der Waals surface area contributed by atoms with E-state index in [1.807, 2.05) is 12.1 Å². The molecule has 0 fully saturated rings. The zero-order valence-corrected chi connectivity index (χ0v) is 15.9. The molecule has 0 bridgehead atoms. The zero-order valence-electron chi connectivity index (χ0n) is 15.9. The standard InChI is InChI=1S/C21H23N3O4/c1-3-4-5-15-8-12-18(13-9-15)23-19(25)20(26)24-22-14-16-6-10-17(11-7-16)21(27)28-2/h6-14H,3-5H2,1-2H3,(H,23,25)(H,24,26)/b22-14+. The second-order valence-corrected chi connectivity index (χ2v) is 6.07. The molecule has 2 rings (SSSR count). The lowest BCUT2D eigenvalue weighted by molar-refractivity contribution is -0.136. The highest BCUT2D eigenvalue weighted by molar-refractivity contribution is 6.39. The van der Waals surface area contributed by atoms with E-state index in [4.69, 9.17) is 0 Å². The third-order valence-corrected chi connectivity index (χ3v) is 3.95. The molecule has 0 atom stereocenters. The van der Waals surface area contributed by atoms with Crippen LogP contribution in [0.25, 0.3) is 0 Å². The van der Waals surface area contributed by atoms with Gasteiger partial charge in [-0.3, -0.25) is 9.59 Å². The van der Waals surface area contributed by atoms with Gasteiger partial charge < -0.3 is 10.1 Å². The molecule has 0 saturated carbocycles. The molecule has 2 amide bonds. The van der Waals surface area contributed by atoms with Gasteiger partial charge in [0.15, 0.2) is 0 Å². The molecule has 7 nitrogen and oxygen atoms in total. The number of nitrogens with zero attached hydrogens (tertiary/aromatic N) is 1. The van der Waals surface area contributed by atoms with E-state index in [2.05, 4.69) is 27.5 Å². The molecular weight excluding hydrogens is 358 g/mol. The number of methoxy groups -OCH3 is 1. The Balaban J connectivity index is 1.84. The highest BCUT2D eigenvalue weighted by Crippen LogP contribution is 2.11. The third kappa shape index (κ3) is 6.35. The maximum absolute atomic E-state index is 11.9. The van der Waals surface area contributed by atoms with Crippen LogP contribution < -0.4 is 10.7 Å². The van der Waals surface area contributed by atoms with Crippen molar-refractivity contribution in [2.45, 2.75) is 26.2 Å². The molecular formula is C21H23N3O4. The fraction of sp³-hybridized carbons (Fsp3) is 0.238. The molecule has 0 aliphatic rings. The first kappa shape index (κ1) is 20.8. The SMILES string of the molecule is CCCCc1ccc(NC(=O)C(=O)N/N=C/c2ccc(C(=O)OC)cc2)cc1. The van der Waals surface area contributed by atoms with Crippen molar-refractivity contribution in [3.8, 4) is 0 Å². The molecule has 0 unspecified atom stereocenters. The quantitative estimate of drug-likeness (QED) is 0.334. The predicted octanol–water partition coefficient (Wildman–Crippen LogP) is 2.90. The van der Waals surface area contributed by atoms with Crippen LogP contribution >= 0.6 is 0 Å². The van der Waals surface area contributed by atoms with Crippen molar-refractivity contribution in [2.75, 3.05) is 12.4 Å². The van der Waals surface area contributed by atoms with Gasteiger partial charge in [0.1, 0.15) is 0 Å². The van der Waals surface area contributed by atoms with Crippen molar-refractivity contribution in [1.29, 1.82) is 0 Å². The van der Waals surface area contributed by atoms with Crippen molar-refractivity contribution < 1.29 is 19.1 Å². The van der Waals surface area contributed by atoms with Crippen molar-refractivity contribution >= 4 is 29.7 Å². The number of rotatable bonds is 7. The molecule has 0 aliphatic heterocycles. The van der Waals surface area contributed by atoms with E-state index in [-0.39, 0.29) is 0 Å². The summed E-state index contributed by atoms with van der Waals surface area (Å²) < 4.78 is 4.61. The van der Waals surface area contributed by atoms with Gasteiger partial charge in [-0.2, -0.15) is 5.10 Å². The molecule has 2 aromatic rings. The maximum Gasteiger partial charge on any atom is 0.337 e.